The molecule has 1 amide bonds. The highest BCUT2D eigenvalue weighted by Crippen LogP contribution is 2.25. The summed E-state index contributed by atoms with van der Waals surface area (Å²) in [7, 11) is 0. The molecule has 0 aromatic rings. The van der Waals surface area contributed by atoms with Crippen LogP contribution in [0, 0.1) is 5.92 Å². The first kappa shape index (κ1) is 16.3. The number of hydrogen-bond acceptors (Lipinski definition) is 7. The van der Waals surface area contributed by atoms with Gasteiger partial charge < -0.3 is 26.0 Å². The van der Waals surface area contributed by atoms with Gasteiger partial charge in [0.25, 0.3) is 5.91 Å². The number of fused-ring (bicyclic) bond motifs is 1. The molecule has 3 aliphatic rings. The van der Waals surface area contributed by atoms with Crippen molar-refractivity contribution in [2.24, 2.45) is 16.8 Å². The van der Waals surface area contributed by atoms with E-state index < -0.39 is 12.0 Å². The number of carbonyl (C=O) groups is 1. The van der Waals surface area contributed by atoms with E-state index in [1.165, 1.54) is 0 Å². The van der Waals surface area contributed by atoms with Gasteiger partial charge in [-0.15, -0.1) is 0 Å². The number of aliphatic hydroxyl groups excluding tert-OH is 2. The first-order chi connectivity index (χ1) is 11.6. The molecule has 2 heterocycles. The fourth-order valence-corrected chi connectivity index (χ4v) is 2.63. The van der Waals surface area contributed by atoms with Crippen molar-refractivity contribution in [1.82, 2.24) is 10.3 Å². The van der Waals surface area contributed by atoms with Crippen LogP contribution < -0.4 is 11.1 Å². The van der Waals surface area contributed by atoms with Crippen LogP contribution in [-0.2, 0) is 9.53 Å². The van der Waals surface area contributed by atoms with E-state index >= 15 is 0 Å². The van der Waals surface area contributed by atoms with Crippen LogP contribution in [0.15, 0.2) is 53.1 Å². The summed E-state index contributed by atoms with van der Waals surface area (Å²) in [6.07, 6.45) is 10.7. The molecule has 0 bridgehead atoms. The Kier molecular flexibility index (Phi) is 4.68. The summed E-state index contributed by atoms with van der Waals surface area (Å²) >= 11 is 0. The minimum atomic E-state index is -0.911. The fourth-order valence-electron chi connectivity index (χ4n) is 2.63. The lowest BCUT2D eigenvalue weighted by Gasteiger charge is -2.27. The van der Waals surface area contributed by atoms with Crippen LogP contribution in [0.1, 0.15) is 6.42 Å². The molecule has 5 N–H and O–H groups in total. The molecule has 3 rings (SSSR count). The van der Waals surface area contributed by atoms with E-state index in [1.54, 1.807) is 11.2 Å². The Labute approximate surface area is 139 Å². The highest BCUT2D eigenvalue weighted by molar-refractivity contribution is 6.00. The highest BCUT2D eigenvalue weighted by Gasteiger charge is 2.31. The van der Waals surface area contributed by atoms with E-state index in [4.69, 9.17) is 15.6 Å². The Morgan fingerprint density at radius 3 is 3.12 bits per heavy atom. The number of hydrazone groups is 1. The van der Waals surface area contributed by atoms with Crippen molar-refractivity contribution in [1.29, 1.82) is 0 Å². The molecule has 2 aliphatic heterocycles. The number of primary amides is 1. The van der Waals surface area contributed by atoms with Gasteiger partial charge >= 0.3 is 0 Å². The lowest BCUT2D eigenvalue weighted by Crippen LogP contribution is -2.38. The van der Waals surface area contributed by atoms with Gasteiger partial charge in [0.2, 0.25) is 0 Å². The molecule has 0 radical (unpaired) electrons. The molecule has 8 nitrogen and oxygen atoms in total. The molecule has 0 aromatic heterocycles. The standard InChI is InChI=1S/C16H20N4O4/c17-16(23)14-7-18-15-5-4-13(19-20(14)15)10-2-1-3-12(6-10)24-9-11(22)8-21/h1,3-7,10-11,15,18,21-22H,2,8-9H2,(H2,17,23)/t10?,11-,15?/m1/s1. The molecule has 24 heavy (non-hydrogen) atoms. The van der Waals surface area contributed by atoms with Crippen molar-refractivity contribution in [2.45, 2.75) is 18.7 Å². The highest BCUT2D eigenvalue weighted by atomic mass is 16.5. The van der Waals surface area contributed by atoms with E-state index in [9.17, 15) is 9.90 Å². The second kappa shape index (κ2) is 6.90. The summed E-state index contributed by atoms with van der Waals surface area (Å²) < 4.78 is 5.48. The Morgan fingerprint density at radius 1 is 1.54 bits per heavy atom. The maximum absolute atomic E-state index is 11.5. The number of rotatable bonds is 6. The lowest BCUT2D eigenvalue weighted by atomic mass is 9.94. The third-order valence-electron chi connectivity index (χ3n) is 3.90. The molecule has 128 valence electrons. The zero-order valence-electron chi connectivity index (χ0n) is 13.0. The van der Waals surface area contributed by atoms with Crippen LogP contribution in [-0.4, -0.2) is 52.3 Å². The van der Waals surface area contributed by atoms with Gasteiger partial charge in [-0.25, -0.2) is 5.01 Å². The second-order valence-corrected chi connectivity index (χ2v) is 5.69. The molecule has 0 aromatic carbocycles. The number of nitrogens with zero attached hydrogens (tertiary/aromatic N) is 2. The summed E-state index contributed by atoms with van der Waals surface area (Å²) in [5.74, 6) is 0.0647. The van der Waals surface area contributed by atoms with Gasteiger partial charge in [0.05, 0.1) is 12.3 Å². The third-order valence-corrected chi connectivity index (χ3v) is 3.90. The Hall–Kier alpha value is -2.58. The van der Waals surface area contributed by atoms with Crippen molar-refractivity contribution in [3.63, 3.8) is 0 Å². The zero-order chi connectivity index (χ0) is 17.1. The van der Waals surface area contributed by atoms with Gasteiger partial charge in [-0.2, -0.15) is 5.10 Å². The number of nitrogens with two attached hydrogens (primary N) is 1. The third kappa shape index (κ3) is 3.34. The number of allylic oxidation sites excluding steroid dienone is 4. The largest absolute Gasteiger partial charge is 0.491 e. The first-order valence-corrected chi connectivity index (χ1v) is 7.70. The van der Waals surface area contributed by atoms with Crippen LogP contribution in [0.25, 0.3) is 0 Å². The molecule has 0 saturated carbocycles. The molecule has 2 unspecified atom stereocenters. The van der Waals surface area contributed by atoms with E-state index in [0.717, 1.165) is 12.1 Å². The van der Waals surface area contributed by atoms with Crippen molar-refractivity contribution < 1.29 is 19.7 Å². The van der Waals surface area contributed by atoms with Crippen molar-refractivity contribution in [3.8, 4) is 0 Å². The van der Waals surface area contributed by atoms with Crippen molar-refractivity contribution in [2.75, 3.05) is 13.2 Å². The summed E-state index contributed by atoms with van der Waals surface area (Å²) in [5, 5.41) is 27.3. The molecular weight excluding hydrogens is 312 g/mol. The van der Waals surface area contributed by atoms with Crippen LogP contribution in [0.3, 0.4) is 0 Å². The minimum absolute atomic E-state index is 0.0109. The predicted octanol–water partition coefficient (Wildman–Crippen LogP) is -0.700. The maximum atomic E-state index is 11.5. The Morgan fingerprint density at radius 2 is 2.38 bits per heavy atom. The Bertz CT molecular complexity index is 665. The maximum Gasteiger partial charge on any atom is 0.268 e. The number of hydrogen-bond donors (Lipinski definition) is 4. The van der Waals surface area contributed by atoms with Crippen molar-refractivity contribution >= 4 is 11.6 Å². The van der Waals surface area contributed by atoms with Crippen LogP contribution in [0.4, 0.5) is 0 Å². The van der Waals surface area contributed by atoms with Gasteiger partial charge in [-0.05, 0) is 30.7 Å². The van der Waals surface area contributed by atoms with Crippen LogP contribution in [0.5, 0.6) is 0 Å². The molecule has 8 heteroatoms. The lowest BCUT2D eigenvalue weighted by molar-refractivity contribution is -0.116. The SMILES string of the molecule is NC(=O)C1=CNC2C=CC(C3C=C(OC[C@H](O)CO)C=CC3)=NN12. The van der Waals surface area contributed by atoms with Crippen LogP contribution >= 0.6 is 0 Å². The number of amides is 1. The summed E-state index contributed by atoms with van der Waals surface area (Å²) in [6, 6.07) is 0. The van der Waals surface area contributed by atoms with E-state index in [0.29, 0.717) is 11.5 Å². The van der Waals surface area contributed by atoms with Crippen molar-refractivity contribution in [3.05, 3.63) is 48.0 Å². The summed E-state index contributed by atoms with van der Waals surface area (Å²) in [5.41, 5.74) is 6.47. The van der Waals surface area contributed by atoms with Crippen LogP contribution in [0.2, 0.25) is 0 Å². The summed E-state index contributed by atoms with van der Waals surface area (Å²) in [6.45, 7) is -0.324. The predicted molar refractivity (Wildman–Crippen MR) is 87.0 cm³/mol. The van der Waals surface area contributed by atoms with E-state index in [2.05, 4.69) is 10.4 Å². The normalized spacial score (nSPS) is 26.1. The van der Waals surface area contributed by atoms with Gasteiger partial charge in [0, 0.05) is 12.1 Å². The molecular formula is C16H20N4O4. The smallest absolute Gasteiger partial charge is 0.268 e. The number of carbonyl (C=O) groups excluding carboxylic acids is 1. The molecule has 1 aliphatic carbocycles. The number of nitrogens with one attached hydrogen (secondary N) is 1. The Balaban J connectivity index is 1.72. The van der Waals surface area contributed by atoms with E-state index in [1.807, 2.05) is 30.4 Å². The number of ether oxygens (including phenoxy) is 1. The average Bonchev–Trinajstić information content (AvgIpc) is 3.03. The second-order valence-electron chi connectivity index (χ2n) is 5.69. The molecule has 0 fully saturated rings. The molecule has 0 spiro atoms. The molecule has 3 atom stereocenters. The number of aliphatic hydroxyl groups is 2. The van der Waals surface area contributed by atoms with Gasteiger partial charge in [-0.1, -0.05) is 6.08 Å². The first-order valence-electron chi connectivity index (χ1n) is 7.70. The zero-order valence-corrected chi connectivity index (χ0v) is 13.0. The van der Waals surface area contributed by atoms with E-state index in [-0.39, 0.29) is 25.3 Å². The van der Waals surface area contributed by atoms with Gasteiger partial charge in [-0.3, -0.25) is 4.79 Å². The fraction of sp³-hybridized carbons (Fsp3) is 0.375. The molecule has 0 saturated heterocycles. The van der Waals surface area contributed by atoms with Gasteiger partial charge in [0.15, 0.2) is 0 Å². The topological polar surface area (TPSA) is 120 Å². The monoisotopic (exact) mass is 332 g/mol. The minimum Gasteiger partial charge on any atom is -0.491 e. The average molecular weight is 332 g/mol. The van der Waals surface area contributed by atoms with Gasteiger partial charge in [0.1, 0.15) is 30.3 Å². The summed E-state index contributed by atoms with van der Waals surface area (Å²) in [4.78, 5) is 11.5. The quantitative estimate of drug-likeness (QED) is 0.510.